The molecule has 0 saturated heterocycles. The van der Waals surface area contributed by atoms with E-state index in [0.717, 1.165) is 25.1 Å². The molecule has 0 N–H and O–H groups in total. The summed E-state index contributed by atoms with van der Waals surface area (Å²) in [6.07, 6.45) is 2.26. The molecular weight excluding hydrogens is 354 g/mol. The number of hydrogen-bond acceptors (Lipinski definition) is 2. The summed E-state index contributed by atoms with van der Waals surface area (Å²) in [4.78, 5) is 2.14. The van der Waals surface area contributed by atoms with E-state index in [-0.39, 0.29) is 10.8 Å². The van der Waals surface area contributed by atoms with Gasteiger partial charge in [-0.15, -0.1) is 0 Å². The molecule has 1 saturated carbocycles. The van der Waals surface area contributed by atoms with Crippen molar-refractivity contribution >= 4 is 0 Å². The van der Waals surface area contributed by atoms with E-state index in [1.807, 2.05) is 0 Å². The van der Waals surface area contributed by atoms with Crippen molar-refractivity contribution in [3.8, 4) is 5.75 Å². The van der Waals surface area contributed by atoms with Crippen LogP contribution in [0, 0.1) is 0 Å². The summed E-state index contributed by atoms with van der Waals surface area (Å²) in [6, 6.07) is 30.9. The number of nitrogens with zero attached hydrogens (tertiary/aromatic N) is 1. The zero-order valence-electron chi connectivity index (χ0n) is 17.8. The first-order chi connectivity index (χ1) is 14.1. The van der Waals surface area contributed by atoms with Crippen molar-refractivity contribution in [2.75, 3.05) is 27.2 Å². The van der Waals surface area contributed by atoms with Gasteiger partial charge in [0, 0.05) is 17.4 Å². The lowest BCUT2D eigenvalue weighted by Crippen LogP contribution is -2.23. The van der Waals surface area contributed by atoms with Crippen LogP contribution in [0.5, 0.6) is 5.75 Å². The van der Waals surface area contributed by atoms with Gasteiger partial charge >= 0.3 is 0 Å². The second kappa shape index (κ2) is 8.04. The Morgan fingerprint density at radius 2 is 1.31 bits per heavy atom. The lowest BCUT2D eigenvalue weighted by Gasteiger charge is -2.27. The minimum absolute atomic E-state index is 0.0204. The van der Waals surface area contributed by atoms with Crippen LogP contribution in [0.4, 0.5) is 0 Å². The van der Waals surface area contributed by atoms with E-state index in [1.165, 1.54) is 16.7 Å². The van der Waals surface area contributed by atoms with E-state index in [0.29, 0.717) is 6.61 Å². The van der Waals surface area contributed by atoms with Crippen LogP contribution >= 0.6 is 0 Å². The summed E-state index contributed by atoms with van der Waals surface area (Å²) in [5.74, 6) is 0.946. The standard InChI is InChI=1S/C27H31NO/c1-4-26(22-11-7-5-8-12-22)21-27(26,23-13-9-6-10-14-23)24-15-17-25(18-16-24)29-20-19-28(2)3/h5-18H,4,19-21H2,1-3H3/t26-,27-/m1/s1. The summed E-state index contributed by atoms with van der Waals surface area (Å²) >= 11 is 0. The summed E-state index contributed by atoms with van der Waals surface area (Å²) in [6.45, 7) is 3.96. The molecule has 0 radical (unpaired) electrons. The number of likely N-dealkylation sites (N-methyl/N-ethyl adjacent to an activating group) is 1. The highest BCUT2D eigenvalue weighted by molar-refractivity contribution is 5.58. The van der Waals surface area contributed by atoms with Crippen LogP contribution < -0.4 is 4.74 Å². The maximum atomic E-state index is 5.93. The van der Waals surface area contributed by atoms with Gasteiger partial charge in [-0.3, -0.25) is 0 Å². The molecule has 0 aromatic heterocycles. The molecule has 3 aromatic rings. The van der Waals surface area contributed by atoms with E-state index in [1.54, 1.807) is 0 Å². The normalized spacial score (nSPS) is 23.2. The Balaban J connectivity index is 1.70. The topological polar surface area (TPSA) is 12.5 Å². The second-order valence-electron chi connectivity index (χ2n) is 8.43. The number of benzene rings is 3. The summed E-state index contributed by atoms with van der Waals surface area (Å²) in [5, 5.41) is 0. The van der Waals surface area contributed by atoms with Crippen molar-refractivity contribution in [1.29, 1.82) is 0 Å². The van der Waals surface area contributed by atoms with E-state index in [4.69, 9.17) is 4.74 Å². The van der Waals surface area contributed by atoms with Crippen molar-refractivity contribution < 1.29 is 4.74 Å². The molecule has 0 aliphatic heterocycles. The van der Waals surface area contributed by atoms with E-state index >= 15 is 0 Å². The molecule has 3 aromatic carbocycles. The first-order valence-electron chi connectivity index (χ1n) is 10.6. The molecule has 0 bridgehead atoms. The molecule has 2 atom stereocenters. The minimum atomic E-state index is 0.0204. The third kappa shape index (κ3) is 3.47. The van der Waals surface area contributed by atoms with Gasteiger partial charge in [0.05, 0.1) is 0 Å². The Labute approximate surface area is 175 Å². The van der Waals surface area contributed by atoms with Crippen LogP contribution in [0.3, 0.4) is 0 Å². The summed E-state index contributed by atoms with van der Waals surface area (Å²) in [7, 11) is 4.13. The van der Waals surface area contributed by atoms with Crippen molar-refractivity contribution in [2.24, 2.45) is 0 Å². The SMILES string of the molecule is CC[C@]1(c2ccccc2)C[C@@]1(c1ccccc1)c1ccc(OCCN(C)C)cc1. The molecule has 0 unspecified atom stereocenters. The Kier molecular flexibility index (Phi) is 5.47. The maximum Gasteiger partial charge on any atom is 0.119 e. The lowest BCUT2D eigenvalue weighted by molar-refractivity contribution is 0.261. The monoisotopic (exact) mass is 385 g/mol. The first-order valence-corrected chi connectivity index (χ1v) is 10.6. The Morgan fingerprint density at radius 3 is 1.86 bits per heavy atom. The molecule has 29 heavy (non-hydrogen) atoms. The fourth-order valence-electron chi connectivity index (χ4n) is 4.97. The third-order valence-corrected chi connectivity index (χ3v) is 6.61. The highest BCUT2D eigenvalue weighted by Gasteiger charge is 2.68. The van der Waals surface area contributed by atoms with Gasteiger partial charge in [0.25, 0.3) is 0 Å². The predicted molar refractivity (Wildman–Crippen MR) is 121 cm³/mol. The molecule has 150 valence electrons. The van der Waals surface area contributed by atoms with Gasteiger partial charge in [-0.25, -0.2) is 0 Å². The van der Waals surface area contributed by atoms with Crippen molar-refractivity contribution in [3.63, 3.8) is 0 Å². The summed E-state index contributed by atoms with van der Waals surface area (Å²) < 4.78 is 5.93. The van der Waals surface area contributed by atoms with E-state index in [2.05, 4.69) is 111 Å². The van der Waals surface area contributed by atoms with Gasteiger partial charge in [0.2, 0.25) is 0 Å². The van der Waals surface area contributed by atoms with E-state index in [9.17, 15) is 0 Å². The Hall–Kier alpha value is -2.58. The number of hydrogen-bond donors (Lipinski definition) is 0. The molecule has 0 spiro atoms. The van der Waals surface area contributed by atoms with Crippen molar-refractivity contribution in [2.45, 2.75) is 30.6 Å². The minimum Gasteiger partial charge on any atom is -0.492 e. The summed E-state index contributed by atoms with van der Waals surface area (Å²) in [5.41, 5.74) is 4.40. The lowest BCUT2D eigenvalue weighted by atomic mass is 9.76. The second-order valence-corrected chi connectivity index (χ2v) is 8.43. The molecule has 1 fully saturated rings. The number of ether oxygens (including phenoxy) is 1. The quantitative estimate of drug-likeness (QED) is 0.496. The fraction of sp³-hybridized carbons (Fsp3) is 0.333. The smallest absolute Gasteiger partial charge is 0.119 e. The van der Waals surface area contributed by atoms with Gasteiger partial charge in [-0.1, -0.05) is 79.7 Å². The van der Waals surface area contributed by atoms with Crippen LogP contribution in [0.15, 0.2) is 84.9 Å². The molecule has 0 heterocycles. The van der Waals surface area contributed by atoms with Gasteiger partial charge < -0.3 is 9.64 Å². The predicted octanol–water partition coefficient (Wildman–Crippen LogP) is 5.66. The third-order valence-electron chi connectivity index (χ3n) is 6.61. The molecule has 1 aliphatic carbocycles. The van der Waals surface area contributed by atoms with Gasteiger partial charge in [0.1, 0.15) is 12.4 Å². The van der Waals surface area contributed by atoms with Crippen LogP contribution in [0.1, 0.15) is 36.5 Å². The molecule has 4 rings (SSSR count). The average molecular weight is 386 g/mol. The van der Waals surface area contributed by atoms with Crippen LogP contribution in [-0.2, 0) is 10.8 Å². The van der Waals surface area contributed by atoms with Crippen molar-refractivity contribution in [3.05, 3.63) is 102 Å². The van der Waals surface area contributed by atoms with Gasteiger partial charge in [-0.2, -0.15) is 0 Å². The average Bonchev–Trinajstić information content (AvgIpc) is 3.47. The zero-order chi connectivity index (χ0) is 20.3. The Morgan fingerprint density at radius 1 is 0.759 bits per heavy atom. The highest BCUT2D eigenvalue weighted by atomic mass is 16.5. The highest BCUT2D eigenvalue weighted by Crippen LogP contribution is 2.70. The largest absolute Gasteiger partial charge is 0.492 e. The number of rotatable bonds is 8. The van der Waals surface area contributed by atoms with Crippen LogP contribution in [0.25, 0.3) is 0 Å². The van der Waals surface area contributed by atoms with Gasteiger partial charge in [-0.05, 0) is 55.8 Å². The molecule has 2 heteroatoms. The van der Waals surface area contributed by atoms with E-state index < -0.39 is 0 Å². The van der Waals surface area contributed by atoms with Crippen molar-refractivity contribution in [1.82, 2.24) is 4.90 Å². The maximum absolute atomic E-state index is 5.93. The molecular formula is C27H31NO. The zero-order valence-corrected chi connectivity index (χ0v) is 17.8. The van der Waals surface area contributed by atoms with Crippen LogP contribution in [0.2, 0.25) is 0 Å². The van der Waals surface area contributed by atoms with Gasteiger partial charge in [0.15, 0.2) is 0 Å². The van der Waals surface area contributed by atoms with Crippen LogP contribution in [-0.4, -0.2) is 32.1 Å². The first kappa shape index (κ1) is 19.7. The molecule has 2 nitrogen and oxygen atoms in total. The molecule has 1 aliphatic rings. The Bertz CT molecular complexity index is 920. The molecule has 0 amide bonds. The fourth-order valence-corrected chi connectivity index (χ4v) is 4.97.